The number of esters is 1. The predicted octanol–water partition coefficient (Wildman–Crippen LogP) is 4.55. The Morgan fingerprint density at radius 3 is 2.18 bits per heavy atom. The van der Waals surface area contributed by atoms with Gasteiger partial charge in [0.05, 0.1) is 16.1 Å². The highest BCUT2D eigenvalue weighted by molar-refractivity contribution is 7.84. The van der Waals surface area contributed by atoms with Crippen molar-refractivity contribution in [1.29, 1.82) is 0 Å². The first kappa shape index (κ1) is 19.8. The molecule has 0 saturated heterocycles. The number of anilines is 1. The van der Waals surface area contributed by atoms with Crippen LogP contribution < -0.4 is 10.1 Å². The second-order valence-corrected chi connectivity index (χ2v) is 7.61. The topological polar surface area (TPSA) is 72.5 Å². The molecule has 1 N–H and O–H groups in total. The summed E-state index contributed by atoms with van der Waals surface area (Å²) in [6.07, 6.45) is 1.57. The fraction of sp³-hybridized carbons (Fsp3) is 0.0476. The molecule has 0 aliphatic carbocycles. The fourth-order valence-corrected chi connectivity index (χ4v) is 3.14. The smallest absolute Gasteiger partial charge is 0.343 e. The number of amides is 1. The lowest BCUT2D eigenvalue weighted by Crippen LogP contribution is -2.12. The fourth-order valence-electron chi connectivity index (χ4n) is 2.40. The van der Waals surface area contributed by atoms with Gasteiger partial charge in [0.25, 0.3) is 5.91 Å². The summed E-state index contributed by atoms with van der Waals surface area (Å²) in [5, 5.41) is 3.10. The molecule has 3 rings (SSSR count). The summed E-state index contributed by atoms with van der Waals surface area (Å²) in [7, 11) is -1.11. The Labute approximate surface area is 169 Å². The number of halogens is 1. The second-order valence-electron chi connectivity index (χ2n) is 5.83. The summed E-state index contributed by atoms with van der Waals surface area (Å²) < 4.78 is 16.7. The third-order valence-corrected chi connectivity index (χ3v) is 5.13. The van der Waals surface area contributed by atoms with Crippen molar-refractivity contribution in [3.63, 3.8) is 0 Å². The van der Waals surface area contributed by atoms with Gasteiger partial charge in [-0.1, -0.05) is 23.7 Å². The van der Waals surface area contributed by atoms with Gasteiger partial charge >= 0.3 is 5.97 Å². The highest BCUT2D eigenvalue weighted by atomic mass is 35.5. The van der Waals surface area contributed by atoms with Crippen molar-refractivity contribution in [2.24, 2.45) is 0 Å². The highest BCUT2D eigenvalue weighted by Crippen LogP contribution is 2.20. The van der Waals surface area contributed by atoms with Gasteiger partial charge in [0.2, 0.25) is 0 Å². The lowest BCUT2D eigenvalue weighted by atomic mass is 10.2. The largest absolute Gasteiger partial charge is 0.423 e. The van der Waals surface area contributed by atoms with Crippen molar-refractivity contribution in [2.75, 3.05) is 11.6 Å². The molecule has 1 amide bonds. The zero-order chi connectivity index (χ0) is 20.1. The van der Waals surface area contributed by atoms with Gasteiger partial charge in [-0.05, 0) is 60.7 Å². The van der Waals surface area contributed by atoms with Crippen LogP contribution in [0.5, 0.6) is 5.75 Å². The Kier molecular flexibility index (Phi) is 6.23. The molecule has 142 valence electrons. The minimum Gasteiger partial charge on any atom is -0.423 e. The molecule has 0 saturated carbocycles. The number of hydrogen-bond acceptors (Lipinski definition) is 4. The van der Waals surface area contributed by atoms with Crippen molar-refractivity contribution >= 4 is 40.0 Å². The van der Waals surface area contributed by atoms with Crippen molar-refractivity contribution < 1.29 is 18.5 Å². The summed E-state index contributed by atoms with van der Waals surface area (Å²) >= 11 is 6.02. The summed E-state index contributed by atoms with van der Waals surface area (Å²) in [6.45, 7) is 0. The number of benzene rings is 3. The Morgan fingerprint density at radius 2 is 1.57 bits per heavy atom. The average Bonchev–Trinajstić information content (AvgIpc) is 2.69. The molecule has 7 heteroatoms. The van der Waals surface area contributed by atoms with E-state index in [9.17, 15) is 13.8 Å². The van der Waals surface area contributed by atoms with Crippen LogP contribution in [0.4, 0.5) is 5.69 Å². The van der Waals surface area contributed by atoms with Crippen LogP contribution >= 0.6 is 11.6 Å². The molecule has 0 aliphatic heterocycles. The van der Waals surface area contributed by atoms with Crippen LogP contribution in [-0.4, -0.2) is 22.3 Å². The molecule has 1 unspecified atom stereocenters. The molecule has 0 aromatic heterocycles. The molecule has 0 aliphatic rings. The third-order valence-electron chi connectivity index (χ3n) is 3.86. The normalized spacial score (nSPS) is 11.5. The van der Waals surface area contributed by atoms with E-state index in [1.165, 1.54) is 0 Å². The van der Waals surface area contributed by atoms with Gasteiger partial charge in [-0.3, -0.25) is 9.00 Å². The van der Waals surface area contributed by atoms with Crippen molar-refractivity contribution in [1.82, 2.24) is 0 Å². The van der Waals surface area contributed by atoms with E-state index in [2.05, 4.69) is 5.32 Å². The van der Waals surface area contributed by atoms with E-state index >= 15 is 0 Å². The Balaban J connectivity index is 1.64. The monoisotopic (exact) mass is 413 g/mol. The molecule has 3 aromatic rings. The van der Waals surface area contributed by atoms with Gasteiger partial charge in [0.15, 0.2) is 0 Å². The average molecular weight is 414 g/mol. The molecular weight excluding hydrogens is 398 g/mol. The van der Waals surface area contributed by atoms with E-state index in [0.717, 1.165) is 0 Å². The van der Waals surface area contributed by atoms with Crippen LogP contribution in [0.2, 0.25) is 5.02 Å². The van der Waals surface area contributed by atoms with Crippen molar-refractivity contribution in [3.05, 3.63) is 88.9 Å². The van der Waals surface area contributed by atoms with Crippen LogP contribution in [0.15, 0.2) is 77.7 Å². The number of rotatable bonds is 5. The van der Waals surface area contributed by atoms with Gasteiger partial charge in [-0.2, -0.15) is 0 Å². The van der Waals surface area contributed by atoms with E-state index in [1.807, 2.05) is 0 Å². The molecule has 0 radical (unpaired) electrons. The maximum atomic E-state index is 12.3. The number of hydrogen-bond donors (Lipinski definition) is 1. The van der Waals surface area contributed by atoms with Gasteiger partial charge in [-0.15, -0.1) is 0 Å². The molecule has 28 heavy (non-hydrogen) atoms. The van der Waals surface area contributed by atoms with Crippen LogP contribution in [0, 0.1) is 0 Å². The minimum absolute atomic E-state index is 0.330. The van der Waals surface area contributed by atoms with E-state index in [-0.39, 0.29) is 5.91 Å². The Hall–Kier alpha value is -2.96. The Bertz CT molecular complexity index is 1030. The maximum absolute atomic E-state index is 12.3. The van der Waals surface area contributed by atoms with E-state index in [4.69, 9.17) is 16.3 Å². The summed E-state index contributed by atoms with van der Waals surface area (Å²) in [6, 6.07) is 19.5. The standard InChI is InChI=1S/C21H16ClNO4S/c1-28(26)17-12-6-14(7-13-17)21(25)27-16-10-8-15(9-11-16)23-20(24)18-4-2-3-5-19(18)22/h2-13H,1H3,(H,23,24). The molecule has 0 fully saturated rings. The van der Waals surface area contributed by atoms with Crippen LogP contribution in [0.3, 0.4) is 0 Å². The maximum Gasteiger partial charge on any atom is 0.343 e. The predicted molar refractivity (Wildman–Crippen MR) is 110 cm³/mol. The van der Waals surface area contributed by atoms with Gasteiger partial charge in [0.1, 0.15) is 5.75 Å². The van der Waals surface area contributed by atoms with Crippen LogP contribution in [0.25, 0.3) is 0 Å². The second kappa shape index (κ2) is 8.82. The van der Waals surface area contributed by atoms with Crippen LogP contribution in [0.1, 0.15) is 20.7 Å². The zero-order valence-corrected chi connectivity index (χ0v) is 16.4. The molecule has 3 aromatic carbocycles. The molecular formula is C21H16ClNO4S. The number of ether oxygens (including phenoxy) is 1. The molecule has 1 atom stereocenters. The Morgan fingerprint density at radius 1 is 0.929 bits per heavy atom. The van der Waals surface area contributed by atoms with Gasteiger partial charge in [-0.25, -0.2) is 4.79 Å². The van der Waals surface area contributed by atoms with Crippen molar-refractivity contribution in [2.45, 2.75) is 4.90 Å². The first-order chi connectivity index (χ1) is 13.4. The van der Waals surface area contributed by atoms with Gasteiger partial charge < -0.3 is 10.1 Å². The third kappa shape index (κ3) is 4.85. The molecule has 0 bridgehead atoms. The molecule has 0 heterocycles. The SMILES string of the molecule is CS(=O)c1ccc(C(=O)Oc2ccc(NC(=O)c3ccccc3Cl)cc2)cc1. The quantitative estimate of drug-likeness (QED) is 0.492. The lowest BCUT2D eigenvalue weighted by molar-refractivity contribution is 0.0734. The first-order valence-electron chi connectivity index (χ1n) is 8.25. The zero-order valence-electron chi connectivity index (χ0n) is 14.8. The highest BCUT2D eigenvalue weighted by Gasteiger charge is 2.11. The summed E-state index contributed by atoms with van der Waals surface area (Å²) in [4.78, 5) is 25.1. The number of nitrogens with one attached hydrogen (secondary N) is 1. The lowest BCUT2D eigenvalue weighted by Gasteiger charge is -2.08. The van der Waals surface area contributed by atoms with Crippen molar-refractivity contribution in [3.8, 4) is 5.75 Å². The summed E-state index contributed by atoms with van der Waals surface area (Å²) in [5.41, 5.74) is 1.26. The summed E-state index contributed by atoms with van der Waals surface area (Å²) in [5.74, 6) is -0.520. The first-order valence-corrected chi connectivity index (χ1v) is 10.2. The van der Waals surface area contributed by atoms with E-state index in [1.54, 1.807) is 79.1 Å². The van der Waals surface area contributed by atoms with E-state index < -0.39 is 16.8 Å². The van der Waals surface area contributed by atoms with E-state index in [0.29, 0.717) is 32.5 Å². The number of carbonyl (C=O) groups is 2. The molecule has 0 spiro atoms. The van der Waals surface area contributed by atoms with Crippen LogP contribution in [-0.2, 0) is 10.8 Å². The van der Waals surface area contributed by atoms with Gasteiger partial charge in [0, 0.05) is 27.6 Å². The molecule has 5 nitrogen and oxygen atoms in total. The minimum atomic E-state index is -1.11. The number of carbonyl (C=O) groups excluding carboxylic acids is 2.